The molecule has 0 saturated carbocycles. The molecule has 0 fully saturated rings. The Hall–Kier alpha value is -2.84. The van der Waals surface area contributed by atoms with E-state index in [0.29, 0.717) is 42.1 Å². The maximum absolute atomic E-state index is 12.6. The fraction of sp³-hybridized carbons (Fsp3) is 0.273. The number of hydrogen-bond donors (Lipinski definition) is 2. The predicted molar refractivity (Wildman–Crippen MR) is 123 cm³/mol. The molecule has 2 aromatic heterocycles. The van der Waals surface area contributed by atoms with Crippen LogP contribution in [0, 0.1) is 0 Å². The number of carbonyl (C=O) groups is 1. The van der Waals surface area contributed by atoms with Gasteiger partial charge in [0.05, 0.1) is 36.6 Å². The fourth-order valence-corrected chi connectivity index (χ4v) is 3.69. The number of hydrogen-bond acceptors (Lipinski definition) is 6. The van der Waals surface area contributed by atoms with Gasteiger partial charge in [0.1, 0.15) is 17.3 Å². The lowest BCUT2D eigenvalue weighted by molar-refractivity contribution is 0.0995. The van der Waals surface area contributed by atoms with Gasteiger partial charge in [0.25, 0.3) is 0 Å². The normalized spacial score (nSPS) is 10.5. The number of anilines is 1. The van der Waals surface area contributed by atoms with Crippen LogP contribution in [0.4, 0.5) is 5.69 Å². The highest BCUT2D eigenvalue weighted by Crippen LogP contribution is 2.34. The Balaban J connectivity index is 1.80. The minimum atomic E-state index is 0.0461. The van der Waals surface area contributed by atoms with Gasteiger partial charge in [-0.25, -0.2) is 0 Å². The molecule has 0 atom stereocenters. The van der Waals surface area contributed by atoms with Gasteiger partial charge in [0.15, 0.2) is 10.9 Å². The predicted octanol–water partition coefficient (Wildman–Crippen LogP) is 5.05. The van der Waals surface area contributed by atoms with Crippen LogP contribution in [0.15, 0.2) is 52.5 Å². The second-order valence-electron chi connectivity index (χ2n) is 6.29. The molecule has 3 aromatic rings. The Morgan fingerprint density at radius 1 is 1.13 bits per heavy atom. The number of furan rings is 1. The maximum atomic E-state index is 12.6. The summed E-state index contributed by atoms with van der Waals surface area (Å²) in [4.78, 5) is 13.3. The van der Waals surface area contributed by atoms with Gasteiger partial charge in [0.2, 0.25) is 0 Å². The molecule has 0 aliphatic rings. The molecule has 1 aromatic carbocycles. The van der Waals surface area contributed by atoms with Crippen LogP contribution in [0.2, 0.25) is 0 Å². The Morgan fingerprint density at radius 2 is 1.93 bits per heavy atom. The molecule has 0 bridgehead atoms. The molecule has 0 aliphatic heterocycles. The second-order valence-corrected chi connectivity index (χ2v) is 7.64. The summed E-state index contributed by atoms with van der Waals surface area (Å²) in [5.41, 5.74) is 1.45. The zero-order valence-corrected chi connectivity index (χ0v) is 18.5. The van der Waals surface area contributed by atoms with Crippen molar-refractivity contribution >= 4 is 40.1 Å². The summed E-state index contributed by atoms with van der Waals surface area (Å²) in [7, 11) is 0. The van der Waals surface area contributed by atoms with E-state index in [1.807, 2.05) is 55.6 Å². The molecule has 0 saturated heterocycles. The number of rotatable bonds is 10. The summed E-state index contributed by atoms with van der Waals surface area (Å²) >= 11 is 6.84. The van der Waals surface area contributed by atoms with Crippen LogP contribution in [0.3, 0.4) is 0 Å². The van der Waals surface area contributed by atoms with E-state index in [0.717, 1.165) is 16.2 Å². The van der Waals surface area contributed by atoms with Crippen molar-refractivity contribution in [2.45, 2.75) is 26.8 Å². The molecule has 158 valence electrons. The Labute approximate surface area is 185 Å². The van der Waals surface area contributed by atoms with Gasteiger partial charge in [-0.15, -0.1) is 11.3 Å². The zero-order valence-electron chi connectivity index (χ0n) is 16.9. The number of ether oxygens (including phenoxy) is 2. The third-order valence-corrected chi connectivity index (χ3v) is 5.32. The third kappa shape index (κ3) is 5.84. The summed E-state index contributed by atoms with van der Waals surface area (Å²) in [5, 5.41) is 8.58. The first-order chi connectivity index (χ1) is 14.6. The highest BCUT2D eigenvalue weighted by Gasteiger charge is 2.17. The molecule has 0 aliphatic carbocycles. The molecule has 2 heterocycles. The molecule has 3 rings (SSSR count). The van der Waals surface area contributed by atoms with Crippen molar-refractivity contribution in [2.24, 2.45) is 0 Å². The largest absolute Gasteiger partial charge is 0.493 e. The fourth-order valence-electron chi connectivity index (χ4n) is 2.85. The minimum absolute atomic E-state index is 0.0461. The average molecular weight is 445 g/mol. The van der Waals surface area contributed by atoms with Crippen LogP contribution in [0.25, 0.3) is 0 Å². The van der Waals surface area contributed by atoms with Crippen LogP contribution in [0.5, 0.6) is 11.5 Å². The lowest BCUT2D eigenvalue weighted by atomic mass is 10.1. The summed E-state index contributed by atoms with van der Waals surface area (Å²) in [6.07, 6.45) is 1.85. The van der Waals surface area contributed by atoms with E-state index in [2.05, 4.69) is 10.6 Å². The first kappa shape index (κ1) is 21.9. The van der Waals surface area contributed by atoms with Gasteiger partial charge in [0, 0.05) is 18.1 Å². The molecule has 0 amide bonds. The molecule has 8 heteroatoms. The topological polar surface area (TPSA) is 72.7 Å². The van der Waals surface area contributed by atoms with Crippen LogP contribution in [-0.4, -0.2) is 24.1 Å². The lowest BCUT2D eigenvalue weighted by Gasteiger charge is -2.18. The Morgan fingerprint density at radius 3 is 2.60 bits per heavy atom. The van der Waals surface area contributed by atoms with Gasteiger partial charge in [-0.1, -0.05) is 6.07 Å². The van der Waals surface area contributed by atoms with Gasteiger partial charge >= 0.3 is 0 Å². The first-order valence-electron chi connectivity index (χ1n) is 9.67. The van der Waals surface area contributed by atoms with Crippen molar-refractivity contribution in [3.05, 3.63) is 64.2 Å². The van der Waals surface area contributed by atoms with Crippen molar-refractivity contribution in [1.29, 1.82) is 0 Å². The maximum Gasteiger partial charge on any atom is 0.177 e. The van der Waals surface area contributed by atoms with Crippen molar-refractivity contribution in [2.75, 3.05) is 18.5 Å². The monoisotopic (exact) mass is 444 g/mol. The van der Waals surface area contributed by atoms with E-state index in [1.54, 1.807) is 6.26 Å². The van der Waals surface area contributed by atoms with Gasteiger partial charge < -0.3 is 24.5 Å². The van der Waals surface area contributed by atoms with E-state index in [1.165, 1.54) is 11.3 Å². The molecule has 6 nitrogen and oxygen atoms in total. The standard InChI is InChI=1S/C22H24N2O4S2/c1-3-26-19-13-17(24-22(29)23-14-16-7-5-9-28-16)20(27-4-2)12-15(19)11-18(25)21-8-6-10-30-21/h5-10,12-13H,3-4,11,14H2,1-2H3,(H2,23,24,29). The van der Waals surface area contributed by atoms with Crippen LogP contribution >= 0.6 is 23.6 Å². The lowest BCUT2D eigenvalue weighted by Crippen LogP contribution is -2.28. The van der Waals surface area contributed by atoms with E-state index >= 15 is 0 Å². The number of Topliss-reactive ketones (excluding diaryl/α,β-unsaturated/α-hetero) is 1. The number of thiocarbonyl (C=S) groups is 1. The zero-order chi connectivity index (χ0) is 21.3. The Bertz CT molecular complexity index is 969. The summed E-state index contributed by atoms with van der Waals surface area (Å²) in [6.45, 7) is 5.24. The van der Waals surface area contributed by atoms with E-state index in [-0.39, 0.29) is 12.2 Å². The van der Waals surface area contributed by atoms with Gasteiger partial charge in [-0.05, 0) is 55.7 Å². The molecule has 0 unspecified atom stereocenters. The summed E-state index contributed by atoms with van der Waals surface area (Å²) < 4.78 is 16.9. The average Bonchev–Trinajstić information content (AvgIpc) is 3.44. The smallest absolute Gasteiger partial charge is 0.177 e. The molecular weight excluding hydrogens is 420 g/mol. The van der Waals surface area contributed by atoms with Crippen LogP contribution in [-0.2, 0) is 13.0 Å². The number of ketones is 1. The second kappa shape index (κ2) is 10.8. The highest BCUT2D eigenvalue weighted by atomic mass is 32.1. The van der Waals surface area contributed by atoms with Crippen molar-refractivity contribution in [3.8, 4) is 11.5 Å². The highest BCUT2D eigenvalue weighted by molar-refractivity contribution is 7.80. The third-order valence-electron chi connectivity index (χ3n) is 4.16. The number of carbonyl (C=O) groups excluding carboxylic acids is 1. The van der Waals surface area contributed by atoms with E-state index in [9.17, 15) is 4.79 Å². The van der Waals surface area contributed by atoms with Crippen LogP contribution in [0.1, 0.15) is 34.8 Å². The van der Waals surface area contributed by atoms with Crippen molar-refractivity contribution in [1.82, 2.24) is 5.32 Å². The molecular formula is C22H24N2O4S2. The van der Waals surface area contributed by atoms with E-state index < -0.39 is 0 Å². The van der Waals surface area contributed by atoms with Crippen LogP contribution < -0.4 is 20.1 Å². The summed E-state index contributed by atoms with van der Waals surface area (Å²) in [5.74, 6) is 2.06. The quantitative estimate of drug-likeness (QED) is 0.335. The molecule has 30 heavy (non-hydrogen) atoms. The molecule has 2 N–H and O–H groups in total. The van der Waals surface area contributed by atoms with Gasteiger partial charge in [-0.2, -0.15) is 0 Å². The number of benzene rings is 1. The van der Waals surface area contributed by atoms with Crippen molar-refractivity contribution < 1.29 is 18.7 Å². The first-order valence-corrected chi connectivity index (χ1v) is 11.0. The SMILES string of the molecule is CCOc1cc(NC(=S)NCc2ccco2)c(OCC)cc1CC(=O)c1cccs1. The number of nitrogens with one attached hydrogen (secondary N) is 2. The number of thiophene rings is 1. The van der Waals surface area contributed by atoms with E-state index in [4.69, 9.17) is 26.1 Å². The van der Waals surface area contributed by atoms with Crippen molar-refractivity contribution in [3.63, 3.8) is 0 Å². The van der Waals surface area contributed by atoms with Gasteiger partial charge in [-0.3, -0.25) is 4.79 Å². The molecule has 0 radical (unpaired) electrons. The summed E-state index contributed by atoms with van der Waals surface area (Å²) in [6, 6.07) is 11.1. The molecule has 0 spiro atoms. The Kier molecular flexibility index (Phi) is 7.87. The minimum Gasteiger partial charge on any atom is -0.493 e.